The van der Waals surface area contributed by atoms with Crippen LogP contribution in [-0.2, 0) is 9.59 Å². The summed E-state index contributed by atoms with van der Waals surface area (Å²) in [6, 6.07) is 19.3. The molecule has 7 heteroatoms. The summed E-state index contributed by atoms with van der Waals surface area (Å²) in [5.74, 6) is -0.888. The van der Waals surface area contributed by atoms with E-state index in [2.05, 4.69) is 18.7 Å². The fourth-order valence-electron chi connectivity index (χ4n) is 4.72. The number of methoxy groups -OCH3 is 2. The maximum atomic E-state index is 13.5. The third-order valence-electron chi connectivity index (χ3n) is 6.76. The van der Waals surface area contributed by atoms with E-state index in [0.29, 0.717) is 28.3 Å². The topological polar surface area (TPSA) is 79.3 Å². The van der Waals surface area contributed by atoms with Gasteiger partial charge in [0.25, 0.3) is 11.7 Å². The number of aryl methyl sites for hydroxylation is 1. The first-order chi connectivity index (χ1) is 17.8. The molecule has 4 rings (SSSR count). The SMILES string of the molecule is CCN(CC)c1ccc(C2/C(=C(/O)c3ccc(OC)cc3OC)C(=O)C(=O)N2c2ccc(C)cc2)cc1. The van der Waals surface area contributed by atoms with Crippen molar-refractivity contribution in [2.24, 2.45) is 0 Å². The van der Waals surface area contributed by atoms with Crippen molar-refractivity contribution in [2.75, 3.05) is 37.1 Å². The van der Waals surface area contributed by atoms with E-state index in [1.54, 1.807) is 18.2 Å². The lowest BCUT2D eigenvalue weighted by Gasteiger charge is -2.27. The second-order valence-corrected chi connectivity index (χ2v) is 8.83. The number of aliphatic hydroxyl groups excluding tert-OH is 1. The van der Waals surface area contributed by atoms with Crippen LogP contribution in [0.25, 0.3) is 5.76 Å². The van der Waals surface area contributed by atoms with E-state index in [1.165, 1.54) is 19.1 Å². The van der Waals surface area contributed by atoms with Gasteiger partial charge in [0, 0.05) is 30.5 Å². The molecule has 192 valence electrons. The van der Waals surface area contributed by atoms with E-state index >= 15 is 0 Å². The predicted octanol–water partition coefficient (Wildman–Crippen LogP) is 5.48. The van der Waals surface area contributed by atoms with Gasteiger partial charge in [-0.25, -0.2) is 0 Å². The Balaban J connectivity index is 1.92. The molecular formula is C30H32N2O5. The first kappa shape index (κ1) is 25.8. The van der Waals surface area contributed by atoms with Crippen molar-refractivity contribution in [2.45, 2.75) is 26.8 Å². The number of ether oxygens (including phenoxy) is 2. The Bertz CT molecular complexity index is 1330. The number of ketones is 1. The zero-order chi connectivity index (χ0) is 26.7. The van der Waals surface area contributed by atoms with E-state index in [1.807, 2.05) is 55.5 Å². The third kappa shape index (κ3) is 4.77. The first-order valence-corrected chi connectivity index (χ1v) is 12.3. The molecule has 1 N–H and O–H groups in total. The summed E-state index contributed by atoms with van der Waals surface area (Å²) >= 11 is 0. The molecule has 1 fully saturated rings. The quantitative estimate of drug-likeness (QED) is 0.251. The van der Waals surface area contributed by atoms with Crippen LogP contribution in [0.4, 0.5) is 11.4 Å². The van der Waals surface area contributed by atoms with Crippen LogP contribution in [0.5, 0.6) is 11.5 Å². The fraction of sp³-hybridized carbons (Fsp3) is 0.267. The number of Topliss-reactive ketones (excluding diaryl/α,β-unsaturated/α-hetero) is 1. The molecule has 0 radical (unpaired) electrons. The molecule has 3 aromatic rings. The maximum Gasteiger partial charge on any atom is 0.300 e. The summed E-state index contributed by atoms with van der Waals surface area (Å²) < 4.78 is 10.7. The lowest BCUT2D eigenvalue weighted by molar-refractivity contribution is -0.132. The average molecular weight is 501 g/mol. The summed E-state index contributed by atoms with van der Waals surface area (Å²) in [5.41, 5.74) is 3.66. The molecule has 3 aromatic carbocycles. The third-order valence-corrected chi connectivity index (χ3v) is 6.76. The zero-order valence-electron chi connectivity index (χ0n) is 21.8. The molecule has 1 aliphatic rings. The lowest BCUT2D eigenvalue weighted by Crippen LogP contribution is -2.29. The van der Waals surface area contributed by atoms with Crippen LogP contribution < -0.4 is 19.3 Å². The Hall–Kier alpha value is -4.26. The molecule has 0 spiro atoms. The van der Waals surface area contributed by atoms with Crippen molar-refractivity contribution in [3.8, 4) is 11.5 Å². The highest BCUT2D eigenvalue weighted by molar-refractivity contribution is 6.51. The van der Waals surface area contributed by atoms with Crippen LogP contribution in [0.2, 0.25) is 0 Å². The molecule has 0 aromatic heterocycles. The van der Waals surface area contributed by atoms with Gasteiger partial charge in [-0.3, -0.25) is 14.5 Å². The Morgan fingerprint density at radius 3 is 2.14 bits per heavy atom. The van der Waals surface area contributed by atoms with Gasteiger partial charge in [-0.05, 0) is 62.7 Å². The highest BCUT2D eigenvalue weighted by Gasteiger charge is 2.47. The minimum Gasteiger partial charge on any atom is -0.507 e. The van der Waals surface area contributed by atoms with Gasteiger partial charge in [-0.1, -0.05) is 29.8 Å². The zero-order valence-corrected chi connectivity index (χ0v) is 21.8. The van der Waals surface area contributed by atoms with Crippen molar-refractivity contribution in [3.05, 3.63) is 89.0 Å². The van der Waals surface area contributed by atoms with Crippen LogP contribution in [0, 0.1) is 6.92 Å². The van der Waals surface area contributed by atoms with Crippen LogP contribution in [0.3, 0.4) is 0 Å². The maximum absolute atomic E-state index is 13.5. The van der Waals surface area contributed by atoms with Gasteiger partial charge < -0.3 is 19.5 Å². The Morgan fingerprint density at radius 2 is 1.57 bits per heavy atom. The summed E-state index contributed by atoms with van der Waals surface area (Å²) in [5, 5.41) is 11.5. The van der Waals surface area contributed by atoms with Crippen molar-refractivity contribution in [1.29, 1.82) is 0 Å². The Kier molecular flexibility index (Phi) is 7.53. The number of hydrogen-bond donors (Lipinski definition) is 1. The molecule has 1 amide bonds. The van der Waals surface area contributed by atoms with Gasteiger partial charge in [0.1, 0.15) is 17.3 Å². The fourth-order valence-corrected chi connectivity index (χ4v) is 4.72. The van der Waals surface area contributed by atoms with Gasteiger partial charge in [0.05, 0.1) is 31.4 Å². The van der Waals surface area contributed by atoms with Gasteiger partial charge in [-0.15, -0.1) is 0 Å². The predicted molar refractivity (Wildman–Crippen MR) is 146 cm³/mol. The monoisotopic (exact) mass is 500 g/mol. The summed E-state index contributed by atoms with van der Waals surface area (Å²) in [6.45, 7) is 7.85. The van der Waals surface area contributed by atoms with Crippen LogP contribution in [0.1, 0.15) is 36.6 Å². The van der Waals surface area contributed by atoms with E-state index in [0.717, 1.165) is 24.3 Å². The number of hydrogen-bond acceptors (Lipinski definition) is 6. The van der Waals surface area contributed by atoms with Crippen LogP contribution in [-0.4, -0.2) is 44.1 Å². The summed E-state index contributed by atoms with van der Waals surface area (Å²) in [6.07, 6.45) is 0. The van der Waals surface area contributed by atoms with Gasteiger partial charge in [0.2, 0.25) is 0 Å². The molecule has 1 saturated heterocycles. The number of amides is 1. The standard InChI is InChI=1S/C30H32N2O5/c1-6-31(7-2)21-14-10-20(11-15-21)27-26(28(33)24-17-16-23(36-4)18-25(24)37-5)29(34)30(35)32(27)22-12-8-19(3)9-13-22/h8-18,27,33H,6-7H2,1-5H3/b28-26-. The normalized spacial score (nSPS) is 16.7. The molecule has 0 saturated carbocycles. The number of rotatable bonds is 8. The molecule has 1 unspecified atom stereocenters. The molecule has 37 heavy (non-hydrogen) atoms. The minimum absolute atomic E-state index is 0.00429. The second kappa shape index (κ2) is 10.8. The average Bonchev–Trinajstić information content (AvgIpc) is 3.19. The van der Waals surface area contributed by atoms with Crippen LogP contribution in [0.15, 0.2) is 72.3 Å². The molecule has 1 atom stereocenters. The number of aliphatic hydroxyl groups is 1. The molecule has 0 aliphatic carbocycles. The van der Waals surface area contributed by atoms with E-state index in [9.17, 15) is 14.7 Å². The highest BCUT2D eigenvalue weighted by Crippen LogP contribution is 2.44. The number of benzene rings is 3. The molecule has 0 bridgehead atoms. The number of anilines is 2. The Morgan fingerprint density at radius 1 is 0.919 bits per heavy atom. The summed E-state index contributed by atoms with van der Waals surface area (Å²) in [4.78, 5) is 30.5. The van der Waals surface area contributed by atoms with Crippen molar-refractivity contribution in [1.82, 2.24) is 0 Å². The van der Waals surface area contributed by atoms with Crippen molar-refractivity contribution in [3.63, 3.8) is 0 Å². The molecule has 1 heterocycles. The number of nitrogens with zero attached hydrogens (tertiary/aromatic N) is 2. The lowest BCUT2D eigenvalue weighted by atomic mass is 9.94. The molecular weight excluding hydrogens is 468 g/mol. The smallest absolute Gasteiger partial charge is 0.300 e. The minimum atomic E-state index is -0.819. The second-order valence-electron chi connectivity index (χ2n) is 8.83. The van der Waals surface area contributed by atoms with E-state index in [-0.39, 0.29) is 11.3 Å². The van der Waals surface area contributed by atoms with Crippen LogP contribution >= 0.6 is 0 Å². The highest BCUT2D eigenvalue weighted by atomic mass is 16.5. The first-order valence-electron chi connectivity index (χ1n) is 12.3. The van der Waals surface area contributed by atoms with E-state index in [4.69, 9.17) is 9.47 Å². The molecule has 1 aliphatic heterocycles. The van der Waals surface area contributed by atoms with Gasteiger partial charge in [-0.2, -0.15) is 0 Å². The van der Waals surface area contributed by atoms with E-state index < -0.39 is 17.7 Å². The van der Waals surface area contributed by atoms with Crippen molar-refractivity contribution >= 4 is 28.8 Å². The Labute approximate surface area is 217 Å². The number of carbonyl (C=O) groups is 2. The molecule has 7 nitrogen and oxygen atoms in total. The largest absolute Gasteiger partial charge is 0.507 e. The van der Waals surface area contributed by atoms with Gasteiger partial charge >= 0.3 is 0 Å². The van der Waals surface area contributed by atoms with Crippen molar-refractivity contribution < 1.29 is 24.2 Å². The number of carbonyl (C=O) groups excluding carboxylic acids is 2. The van der Waals surface area contributed by atoms with Gasteiger partial charge in [0.15, 0.2) is 0 Å². The summed E-state index contributed by atoms with van der Waals surface area (Å²) in [7, 11) is 3.00.